The van der Waals surface area contributed by atoms with Crippen LogP contribution >= 0.6 is 0 Å². The summed E-state index contributed by atoms with van der Waals surface area (Å²) < 4.78 is 38.3. The monoisotopic (exact) mass is 535 g/mol. The molecule has 1 saturated heterocycles. The first-order chi connectivity index (χ1) is 18.3. The number of hydrogen-bond donors (Lipinski definition) is 1. The lowest BCUT2D eigenvalue weighted by atomic mass is 10.1. The molecule has 2 heterocycles. The van der Waals surface area contributed by atoms with Gasteiger partial charge in [0.1, 0.15) is 18.1 Å². The van der Waals surface area contributed by atoms with Crippen molar-refractivity contribution in [1.29, 1.82) is 0 Å². The fourth-order valence-electron chi connectivity index (χ4n) is 4.54. The average Bonchev–Trinajstić information content (AvgIpc) is 3.46. The maximum Gasteiger partial charge on any atom is 0.265 e. The van der Waals surface area contributed by atoms with Crippen LogP contribution in [0.4, 0.5) is 11.4 Å². The minimum absolute atomic E-state index is 0.0736. The van der Waals surface area contributed by atoms with Gasteiger partial charge in [0, 0.05) is 24.3 Å². The number of nitrogens with zero attached hydrogens (tertiary/aromatic N) is 2. The van der Waals surface area contributed by atoms with Crippen molar-refractivity contribution in [2.24, 2.45) is 0 Å². The third kappa shape index (κ3) is 5.51. The molecular formula is C28H29N3O6S. The van der Waals surface area contributed by atoms with E-state index < -0.39 is 15.9 Å². The third-order valence-corrected chi connectivity index (χ3v) is 8.47. The first-order valence-electron chi connectivity index (χ1n) is 12.5. The minimum atomic E-state index is -3.55. The number of ether oxygens (including phenoxy) is 2. The lowest BCUT2D eigenvalue weighted by Crippen LogP contribution is -2.41. The second-order valence-corrected chi connectivity index (χ2v) is 11.2. The molecule has 0 aromatic heterocycles. The lowest BCUT2D eigenvalue weighted by molar-refractivity contribution is -0.121. The first kappa shape index (κ1) is 25.7. The highest BCUT2D eigenvalue weighted by molar-refractivity contribution is 7.89. The van der Waals surface area contributed by atoms with Crippen LogP contribution in [0.2, 0.25) is 0 Å². The summed E-state index contributed by atoms with van der Waals surface area (Å²) in [5.74, 6) is 0.664. The lowest BCUT2D eigenvalue weighted by Gasteiger charge is -2.29. The van der Waals surface area contributed by atoms with E-state index in [1.807, 2.05) is 31.2 Å². The van der Waals surface area contributed by atoms with Crippen LogP contribution in [0.3, 0.4) is 0 Å². The highest BCUT2D eigenvalue weighted by Crippen LogP contribution is 2.34. The fourth-order valence-corrected chi connectivity index (χ4v) is 6.06. The molecule has 5 rings (SSSR count). The summed E-state index contributed by atoms with van der Waals surface area (Å²) in [5.41, 5.74) is 2.42. The minimum Gasteiger partial charge on any atom is -0.492 e. The van der Waals surface area contributed by atoms with Crippen molar-refractivity contribution in [3.8, 4) is 11.5 Å². The Morgan fingerprint density at radius 2 is 1.79 bits per heavy atom. The Morgan fingerprint density at radius 3 is 2.53 bits per heavy atom. The topological polar surface area (TPSA) is 105 Å². The van der Waals surface area contributed by atoms with Gasteiger partial charge in [-0.1, -0.05) is 12.1 Å². The molecule has 3 aromatic carbocycles. The molecule has 0 unspecified atom stereocenters. The van der Waals surface area contributed by atoms with E-state index in [0.29, 0.717) is 42.3 Å². The second kappa shape index (κ2) is 10.8. The van der Waals surface area contributed by atoms with Crippen LogP contribution in [0, 0.1) is 6.92 Å². The molecule has 2 aliphatic rings. The largest absolute Gasteiger partial charge is 0.492 e. The number of carbonyl (C=O) groups excluding carboxylic acids is 2. The number of benzene rings is 3. The Balaban J connectivity index is 1.27. The summed E-state index contributed by atoms with van der Waals surface area (Å²) in [4.78, 5) is 27.3. The number of nitrogens with one attached hydrogen (secondary N) is 1. The normalized spacial score (nSPS) is 15.6. The van der Waals surface area contributed by atoms with Crippen LogP contribution in [0.5, 0.6) is 11.5 Å². The van der Waals surface area contributed by atoms with Gasteiger partial charge in [-0.15, -0.1) is 0 Å². The van der Waals surface area contributed by atoms with Crippen LogP contribution in [-0.2, 0) is 14.8 Å². The zero-order valence-electron chi connectivity index (χ0n) is 21.1. The predicted molar refractivity (Wildman–Crippen MR) is 143 cm³/mol. The number of carbonyl (C=O) groups is 2. The Bertz CT molecular complexity index is 1450. The molecule has 3 aromatic rings. The van der Waals surface area contributed by atoms with E-state index in [1.54, 1.807) is 23.1 Å². The molecule has 0 bridgehead atoms. The zero-order chi connectivity index (χ0) is 26.7. The molecule has 10 heteroatoms. The summed E-state index contributed by atoms with van der Waals surface area (Å²) >= 11 is 0. The average molecular weight is 536 g/mol. The Morgan fingerprint density at radius 1 is 1.03 bits per heavy atom. The van der Waals surface area contributed by atoms with E-state index in [-0.39, 0.29) is 24.0 Å². The number of rotatable bonds is 8. The molecule has 0 spiro atoms. The molecule has 1 N–H and O–H groups in total. The van der Waals surface area contributed by atoms with Gasteiger partial charge in [-0.3, -0.25) is 9.59 Å². The van der Waals surface area contributed by atoms with Crippen LogP contribution in [0.15, 0.2) is 71.6 Å². The Labute approximate surface area is 222 Å². The summed E-state index contributed by atoms with van der Waals surface area (Å²) in [6, 6.07) is 18.7. The van der Waals surface area contributed by atoms with Gasteiger partial charge in [0.15, 0.2) is 6.61 Å². The predicted octanol–water partition coefficient (Wildman–Crippen LogP) is 3.84. The maximum absolute atomic E-state index is 12.9. The van der Waals surface area contributed by atoms with Crippen molar-refractivity contribution < 1.29 is 27.5 Å². The zero-order valence-corrected chi connectivity index (χ0v) is 21.9. The van der Waals surface area contributed by atoms with Gasteiger partial charge in [-0.25, -0.2) is 8.42 Å². The number of hydrogen-bond acceptors (Lipinski definition) is 6. The molecule has 9 nitrogen and oxygen atoms in total. The molecule has 2 aliphatic heterocycles. The quantitative estimate of drug-likeness (QED) is 0.470. The van der Waals surface area contributed by atoms with Gasteiger partial charge in [0.25, 0.3) is 11.8 Å². The highest BCUT2D eigenvalue weighted by atomic mass is 32.2. The van der Waals surface area contributed by atoms with Gasteiger partial charge >= 0.3 is 0 Å². The van der Waals surface area contributed by atoms with Crippen LogP contribution in [0.25, 0.3) is 0 Å². The summed E-state index contributed by atoms with van der Waals surface area (Å²) in [6.07, 6.45) is 1.71. The number of sulfonamides is 1. The molecular weight excluding hydrogens is 506 g/mol. The van der Waals surface area contributed by atoms with Crippen LogP contribution in [0.1, 0.15) is 28.8 Å². The molecule has 0 saturated carbocycles. The van der Waals surface area contributed by atoms with Gasteiger partial charge < -0.3 is 19.7 Å². The number of anilines is 2. The smallest absolute Gasteiger partial charge is 0.265 e. The standard InChI is InChI=1S/C28H29N3O6S/c1-20-5-4-6-23(17-20)36-16-15-31-25-18-22(9-12-26(25)37-19-27(31)32)29-28(33)21-7-10-24(11-8-21)38(34,35)30-13-2-3-14-30/h4-12,17-18H,2-3,13-16,19H2,1H3,(H,29,33). The molecule has 1 fully saturated rings. The van der Waals surface area contributed by atoms with Crippen molar-refractivity contribution >= 4 is 33.2 Å². The molecule has 0 radical (unpaired) electrons. The number of amides is 2. The van der Waals surface area contributed by atoms with Crippen molar-refractivity contribution in [2.75, 3.05) is 43.1 Å². The number of aryl methyl sites for hydroxylation is 1. The van der Waals surface area contributed by atoms with Gasteiger partial charge in [0.2, 0.25) is 10.0 Å². The van der Waals surface area contributed by atoms with E-state index in [1.165, 1.54) is 28.6 Å². The van der Waals surface area contributed by atoms with Crippen molar-refractivity contribution in [2.45, 2.75) is 24.7 Å². The van der Waals surface area contributed by atoms with Gasteiger partial charge in [-0.05, 0) is 79.9 Å². The molecule has 2 amide bonds. The molecule has 38 heavy (non-hydrogen) atoms. The number of fused-ring (bicyclic) bond motifs is 1. The van der Waals surface area contributed by atoms with Crippen molar-refractivity contribution in [3.63, 3.8) is 0 Å². The van der Waals surface area contributed by atoms with E-state index >= 15 is 0 Å². The van der Waals surface area contributed by atoms with E-state index in [9.17, 15) is 18.0 Å². The van der Waals surface area contributed by atoms with Crippen molar-refractivity contribution in [3.05, 3.63) is 77.9 Å². The van der Waals surface area contributed by atoms with E-state index in [0.717, 1.165) is 24.2 Å². The Hall–Kier alpha value is -3.89. The summed E-state index contributed by atoms with van der Waals surface area (Å²) in [7, 11) is -3.55. The highest BCUT2D eigenvalue weighted by Gasteiger charge is 2.28. The fraction of sp³-hybridized carbons (Fsp3) is 0.286. The van der Waals surface area contributed by atoms with Gasteiger partial charge in [-0.2, -0.15) is 4.31 Å². The van der Waals surface area contributed by atoms with E-state index in [4.69, 9.17) is 9.47 Å². The second-order valence-electron chi connectivity index (χ2n) is 9.27. The maximum atomic E-state index is 12.9. The molecule has 198 valence electrons. The van der Waals surface area contributed by atoms with Crippen LogP contribution < -0.4 is 19.7 Å². The Kier molecular flexibility index (Phi) is 7.35. The summed E-state index contributed by atoms with van der Waals surface area (Å²) in [5, 5.41) is 2.82. The van der Waals surface area contributed by atoms with Crippen molar-refractivity contribution in [1.82, 2.24) is 4.31 Å². The van der Waals surface area contributed by atoms with Gasteiger partial charge in [0.05, 0.1) is 17.1 Å². The van der Waals surface area contributed by atoms with Crippen LogP contribution in [-0.4, -0.2) is 57.4 Å². The molecule has 0 atom stereocenters. The third-order valence-electron chi connectivity index (χ3n) is 6.55. The summed E-state index contributed by atoms with van der Waals surface area (Å²) in [6.45, 7) is 3.55. The van der Waals surface area contributed by atoms with E-state index in [2.05, 4.69) is 5.32 Å². The molecule has 0 aliphatic carbocycles. The SMILES string of the molecule is Cc1cccc(OCCN2C(=O)COc3ccc(NC(=O)c4ccc(S(=O)(=O)N5CCCC5)cc4)cc32)c1. The first-order valence-corrected chi connectivity index (χ1v) is 13.9.